The van der Waals surface area contributed by atoms with E-state index >= 15 is 0 Å². The van der Waals surface area contributed by atoms with E-state index < -0.39 is 20.9 Å². The third kappa shape index (κ3) is 5.64. The standard InChI is InChI=1S/C23H20N4O8S2/c1-14-20(22(28)26(24-14)16-6-10-18(11-7-16)36-35-34-30)4-3-5-21-15(2)25-27(23(21)29)17-8-12-19(13-9-17)37(31,32)33/h3-13,29-30H,1-2H3,(H,31,32,33)/p-3/b5-3+,20-4+. The zero-order valence-electron chi connectivity index (χ0n) is 19.2. The lowest BCUT2D eigenvalue weighted by Crippen LogP contribution is -2.21. The Morgan fingerprint density at radius 2 is 1.68 bits per heavy atom. The zero-order chi connectivity index (χ0) is 26.7. The SMILES string of the molecule is CC1=NN(c2ccc(SOO[O-])cc2)C(=O)/C1=C/C=C/c1c(C)nn(-c2ccc(S(=O)(=O)[O-])cc2)c1[O-]. The first kappa shape index (κ1) is 26.3. The highest BCUT2D eigenvalue weighted by molar-refractivity contribution is 7.94. The topological polar surface area (TPSA) is 172 Å². The molecule has 0 spiro atoms. The molecular formula is C23H17N4O8S2-3. The van der Waals surface area contributed by atoms with Crippen molar-refractivity contribution in [1.82, 2.24) is 9.78 Å². The molecule has 1 aliphatic rings. The number of rotatable bonds is 8. The fraction of sp³-hybridized carbons (Fsp3) is 0.0870. The van der Waals surface area contributed by atoms with Gasteiger partial charge in [-0.2, -0.15) is 19.5 Å². The number of carbonyl (C=O) groups is 1. The second-order valence-electron chi connectivity index (χ2n) is 7.62. The van der Waals surface area contributed by atoms with Gasteiger partial charge in [0.25, 0.3) is 5.91 Å². The quantitative estimate of drug-likeness (QED) is 0.134. The number of aromatic nitrogens is 2. The summed E-state index contributed by atoms with van der Waals surface area (Å²) in [6.45, 7) is 3.31. The van der Waals surface area contributed by atoms with E-state index in [2.05, 4.69) is 19.6 Å². The Morgan fingerprint density at radius 3 is 2.30 bits per heavy atom. The van der Waals surface area contributed by atoms with E-state index in [1.54, 1.807) is 44.2 Å². The molecule has 14 heteroatoms. The summed E-state index contributed by atoms with van der Waals surface area (Å²) in [4.78, 5) is 13.1. The smallest absolute Gasteiger partial charge is 0.280 e. The summed E-state index contributed by atoms with van der Waals surface area (Å²) in [5.74, 6) is -0.830. The average Bonchev–Trinajstić information content (AvgIpc) is 3.32. The summed E-state index contributed by atoms with van der Waals surface area (Å²) >= 11 is 0.723. The predicted molar refractivity (Wildman–Crippen MR) is 128 cm³/mol. The van der Waals surface area contributed by atoms with Crippen LogP contribution in [0.3, 0.4) is 0 Å². The van der Waals surface area contributed by atoms with Gasteiger partial charge in [0.2, 0.25) is 0 Å². The summed E-state index contributed by atoms with van der Waals surface area (Å²) in [5.41, 5.74) is 2.27. The number of nitrogens with zero attached hydrogens (tertiary/aromatic N) is 4. The molecule has 0 N–H and O–H groups in total. The van der Waals surface area contributed by atoms with E-state index in [-0.39, 0.29) is 11.5 Å². The molecule has 0 saturated carbocycles. The van der Waals surface area contributed by atoms with E-state index in [0.717, 1.165) is 28.9 Å². The summed E-state index contributed by atoms with van der Waals surface area (Å²) in [6, 6.07) is 11.4. The number of hydrazone groups is 1. The highest BCUT2D eigenvalue weighted by atomic mass is 32.2. The number of hydrogen-bond acceptors (Lipinski definition) is 11. The van der Waals surface area contributed by atoms with Crippen LogP contribution in [0.1, 0.15) is 18.2 Å². The zero-order valence-corrected chi connectivity index (χ0v) is 20.9. The molecule has 2 aromatic carbocycles. The largest absolute Gasteiger partial charge is 0.858 e. The Bertz CT molecular complexity index is 1530. The number of hydrogen-bond donors (Lipinski definition) is 0. The van der Waals surface area contributed by atoms with Crippen LogP contribution in [-0.2, 0) is 24.3 Å². The summed E-state index contributed by atoms with van der Waals surface area (Å²) in [7, 11) is -4.61. The van der Waals surface area contributed by atoms with Crippen molar-refractivity contribution >= 4 is 45.5 Å². The first-order valence-corrected chi connectivity index (χ1v) is 12.6. The van der Waals surface area contributed by atoms with Crippen molar-refractivity contribution in [3.63, 3.8) is 0 Å². The van der Waals surface area contributed by atoms with Crippen LogP contribution in [0.25, 0.3) is 11.8 Å². The van der Waals surface area contributed by atoms with Gasteiger partial charge >= 0.3 is 0 Å². The molecule has 0 unspecified atom stereocenters. The molecule has 2 heterocycles. The lowest BCUT2D eigenvalue weighted by molar-refractivity contribution is -0.777. The van der Waals surface area contributed by atoms with Crippen LogP contribution < -0.4 is 15.4 Å². The van der Waals surface area contributed by atoms with Crippen LogP contribution in [0.15, 0.2) is 81.1 Å². The number of carbonyl (C=O) groups excluding carboxylic acids is 1. The minimum atomic E-state index is -4.61. The minimum absolute atomic E-state index is 0.270. The fourth-order valence-corrected chi connectivity index (χ4v) is 4.28. The van der Waals surface area contributed by atoms with E-state index in [1.807, 2.05) is 0 Å². The van der Waals surface area contributed by atoms with Crippen LogP contribution >= 0.6 is 12.0 Å². The van der Waals surface area contributed by atoms with Crippen molar-refractivity contribution in [2.24, 2.45) is 5.10 Å². The van der Waals surface area contributed by atoms with Crippen molar-refractivity contribution < 1.29 is 37.5 Å². The van der Waals surface area contributed by atoms with Gasteiger partial charge in [-0.1, -0.05) is 12.2 Å². The van der Waals surface area contributed by atoms with E-state index in [0.29, 0.717) is 33.2 Å². The molecule has 1 aromatic heterocycles. The van der Waals surface area contributed by atoms with Gasteiger partial charge in [0.1, 0.15) is 10.1 Å². The molecule has 3 aromatic rings. The summed E-state index contributed by atoms with van der Waals surface area (Å²) in [6.07, 6.45) is 4.59. The lowest BCUT2D eigenvalue weighted by atomic mass is 10.1. The van der Waals surface area contributed by atoms with Gasteiger partial charge in [-0.3, -0.25) is 9.83 Å². The average molecular weight is 542 g/mol. The molecule has 0 aliphatic carbocycles. The van der Waals surface area contributed by atoms with Gasteiger partial charge in [0.15, 0.2) is 0 Å². The predicted octanol–water partition coefficient (Wildman–Crippen LogP) is 1.75. The molecule has 0 saturated heterocycles. The number of amides is 1. The molecule has 0 radical (unpaired) electrons. The maximum atomic E-state index is 12.9. The minimum Gasteiger partial charge on any atom is -0.858 e. The van der Waals surface area contributed by atoms with Crippen LogP contribution in [0, 0.1) is 6.92 Å². The van der Waals surface area contributed by atoms with Crippen molar-refractivity contribution in [1.29, 1.82) is 0 Å². The van der Waals surface area contributed by atoms with Gasteiger partial charge in [-0.15, -0.1) is 0 Å². The van der Waals surface area contributed by atoms with Gasteiger partial charge < -0.3 is 14.9 Å². The Kier molecular flexibility index (Phi) is 7.58. The highest BCUT2D eigenvalue weighted by Crippen LogP contribution is 2.28. The molecule has 0 fully saturated rings. The van der Waals surface area contributed by atoms with E-state index in [4.69, 9.17) is 0 Å². The third-order valence-corrected chi connectivity index (χ3v) is 6.70. The van der Waals surface area contributed by atoms with Crippen molar-refractivity contribution in [3.05, 3.63) is 77.5 Å². The van der Waals surface area contributed by atoms with Gasteiger partial charge in [-0.05, 0) is 74.3 Å². The molecule has 0 bridgehead atoms. The monoisotopic (exact) mass is 541 g/mol. The number of anilines is 1. The maximum absolute atomic E-state index is 12.9. The van der Waals surface area contributed by atoms with E-state index in [9.17, 15) is 28.1 Å². The fourth-order valence-electron chi connectivity index (χ4n) is 3.46. The van der Waals surface area contributed by atoms with Gasteiger partial charge in [-0.25, -0.2) is 13.1 Å². The summed E-state index contributed by atoms with van der Waals surface area (Å²) in [5, 5.41) is 35.8. The number of benzene rings is 2. The first-order valence-electron chi connectivity index (χ1n) is 10.4. The normalized spacial score (nSPS) is 15.2. The first-order chi connectivity index (χ1) is 17.6. The van der Waals surface area contributed by atoms with Crippen molar-refractivity contribution in [3.8, 4) is 11.6 Å². The van der Waals surface area contributed by atoms with Crippen molar-refractivity contribution in [2.75, 3.05) is 5.01 Å². The van der Waals surface area contributed by atoms with E-state index in [1.165, 1.54) is 29.3 Å². The number of allylic oxidation sites excluding steroid dienone is 2. The molecule has 0 atom stereocenters. The summed E-state index contributed by atoms with van der Waals surface area (Å²) < 4.78 is 38.7. The molecule has 12 nitrogen and oxygen atoms in total. The number of aryl methyl sites for hydroxylation is 1. The Labute approximate surface area is 215 Å². The third-order valence-electron chi connectivity index (χ3n) is 5.26. The Hall–Kier alpha value is -3.79. The molecule has 1 aliphatic heterocycles. The molecule has 4 rings (SSSR count). The highest BCUT2D eigenvalue weighted by Gasteiger charge is 2.28. The maximum Gasteiger partial charge on any atom is 0.280 e. The molecule has 1 amide bonds. The van der Waals surface area contributed by atoms with Crippen LogP contribution in [0.4, 0.5) is 5.69 Å². The second-order valence-corrected chi connectivity index (χ2v) is 9.77. The Morgan fingerprint density at radius 1 is 1.03 bits per heavy atom. The Balaban J connectivity index is 1.52. The lowest BCUT2D eigenvalue weighted by Gasteiger charge is -2.13. The van der Waals surface area contributed by atoms with Gasteiger partial charge in [0.05, 0.1) is 45.3 Å². The van der Waals surface area contributed by atoms with Gasteiger partial charge in [0, 0.05) is 10.5 Å². The molecular weight excluding hydrogens is 524 g/mol. The molecule has 37 heavy (non-hydrogen) atoms. The van der Waals surface area contributed by atoms with Crippen molar-refractivity contribution in [2.45, 2.75) is 23.6 Å². The molecule has 192 valence electrons. The second kappa shape index (κ2) is 10.7. The van der Waals surface area contributed by atoms with Crippen LogP contribution in [0.5, 0.6) is 5.88 Å². The van der Waals surface area contributed by atoms with Crippen LogP contribution in [0.2, 0.25) is 0 Å². The van der Waals surface area contributed by atoms with Crippen LogP contribution in [-0.4, -0.2) is 34.4 Å².